The number of hydrogen-bond acceptors (Lipinski definition) is 4. The molecule has 0 saturated carbocycles. The molecule has 2 N–H and O–H groups in total. The monoisotopic (exact) mass is 468 g/mol. The van der Waals surface area contributed by atoms with Gasteiger partial charge >= 0.3 is 0 Å². The summed E-state index contributed by atoms with van der Waals surface area (Å²) in [6, 6.07) is 29.7. The van der Waals surface area contributed by atoms with Gasteiger partial charge in [0.2, 0.25) is 0 Å². The molecule has 0 radical (unpaired) electrons. The van der Waals surface area contributed by atoms with Gasteiger partial charge in [-0.15, -0.1) is 0 Å². The molecule has 2 heterocycles. The van der Waals surface area contributed by atoms with Crippen molar-refractivity contribution >= 4 is 55.6 Å². The van der Waals surface area contributed by atoms with E-state index in [9.17, 15) is 0 Å². The van der Waals surface area contributed by atoms with Crippen LogP contribution in [-0.2, 0) is 0 Å². The van der Waals surface area contributed by atoms with Gasteiger partial charge in [-0.2, -0.15) is 0 Å². The topological polar surface area (TPSA) is 49.8 Å². The summed E-state index contributed by atoms with van der Waals surface area (Å²) < 4.78 is 0. The van der Waals surface area contributed by atoms with E-state index in [4.69, 9.17) is 9.97 Å². The quantitative estimate of drug-likeness (QED) is 0.254. The van der Waals surface area contributed by atoms with Crippen molar-refractivity contribution in [3.8, 4) is 0 Å². The van der Waals surface area contributed by atoms with Gasteiger partial charge in [0.15, 0.2) is 0 Å². The maximum Gasteiger partial charge on any atom is 0.116 e. The number of nitrogens with one attached hydrogen (secondary N) is 2. The largest absolute Gasteiger partial charge is 0.353 e. The highest BCUT2D eigenvalue weighted by atomic mass is 15.0. The van der Waals surface area contributed by atoms with Crippen molar-refractivity contribution in [1.82, 2.24) is 9.97 Å². The number of hydrogen-bond donors (Lipinski definition) is 2. The van der Waals surface area contributed by atoms with Crippen LogP contribution >= 0.6 is 0 Å². The molecule has 6 rings (SSSR count). The summed E-state index contributed by atoms with van der Waals surface area (Å²) in [5.74, 6) is 0. The van der Waals surface area contributed by atoms with Crippen LogP contribution in [0.2, 0.25) is 0 Å². The van der Waals surface area contributed by atoms with Crippen LogP contribution in [-0.4, -0.2) is 9.97 Å². The highest BCUT2D eigenvalue weighted by Gasteiger charge is 2.18. The third-order valence-corrected chi connectivity index (χ3v) is 6.65. The Morgan fingerprint density at radius 2 is 0.806 bits per heavy atom. The van der Waals surface area contributed by atoms with Gasteiger partial charge in [0.05, 0.1) is 22.4 Å². The fourth-order valence-electron chi connectivity index (χ4n) is 4.66. The molecule has 36 heavy (non-hydrogen) atoms. The van der Waals surface area contributed by atoms with Crippen LogP contribution in [0.1, 0.15) is 22.3 Å². The fraction of sp³-hybridized carbons (Fsp3) is 0.125. The lowest BCUT2D eigenvalue weighted by atomic mass is 10.0. The van der Waals surface area contributed by atoms with Crippen LogP contribution in [0, 0.1) is 27.7 Å². The van der Waals surface area contributed by atoms with Crippen molar-refractivity contribution in [3.63, 3.8) is 0 Å². The molecular weight excluding hydrogens is 440 g/mol. The lowest BCUT2D eigenvalue weighted by molar-refractivity contribution is 1.39. The molecule has 4 nitrogen and oxygen atoms in total. The summed E-state index contributed by atoms with van der Waals surface area (Å²) in [5, 5.41) is 9.49. The number of benzene rings is 4. The van der Waals surface area contributed by atoms with Crippen molar-refractivity contribution in [3.05, 3.63) is 107 Å². The number of anilines is 4. The third kappa shape index (κ3) is 4.01. The van der Waals surface area contributed by atoms with E-state index in [0.717, 1.165) is 55.6 Å². The van der Waals surface area contributed by atoms with Crippen molar-refractivity contribution in [2.45, 2.75) is 27.7 Å². The van der Waals surface area contributed by atoms with Crippen molar-refractivity contribution in [2.75, 3.05) is 10.6 Å². The lowest BCUT2D eigenvalue weighted by Crippen LogP contribution is -2.02. The maximum atomic E-state index is 5.16. The SMILES string of the molecule is Cc1ccc(Nc2c3cc(C)ccc3nc3c(Nc4ccc(C)cc4)c4cc(C)ccc4nc23)cc1. The van der Waals surface area contributed by atoms with E-state index in [0.29, 0.717) is 0 Å². The van der Waals surface area contributed by atoms with Crippen LogP contribution in [0.5, 0.6) is 0 Å². The van der Waals surface area contributed by atoms with Gasteiger partial charge in [-0.1, -0.05) is 58.7 Å². The molecule has 0 atom stereocenters. The molecule has 0 saturated heterocycles. The fourth-order valence-corrected chi connectivity index (χ4v) is 4.66. The van der Waals surface area contributed by atoms with Crippen LogP contribution < -0.4 is 10.6 Å². The minimum absolute atomic E-state index is 0.847. The predicted molar refractivity (Wildman–Crippen MR) is 153 cm³/mol. The van der Waals surface area contributed by atoms with Gasteiger partial charge in [-0.3, -0.25) is 0 Å². The lowest BCUT2D eigenvalue weighted by Gasteiger charge is -2.18. The van der Waals surface area contributed by atoms with Crippen molar-refractivity contribution in [1.29, 1.82) is 0 Å². The van der Waals surface area contributed by atoms with Crippen LogP contribution in [0.3, 0.4) is 0 Å². The highest BCUT2D eigenvalue weighted by molar-refractivity contribution is 6.16. The molecule has 4 heteroatoms. The maximum absolute atomic E-state index is 5.16. The smallest absolute Gasteiger partial charge is 0.116 e. The molecule has 0 spiro atoms. The van der Waals surface area contributed by atoms with Gasteiger partial charge in [0, 0.05) is 22.1 Å². The third-order valence-electron chi connectivity index (χ3n) is 6.65. The first kappa shape index (κ1) is 22.1. The number of rotatable bonds is 4. The average molecular weight is 469 g/mol. The van der Waals surface area contributed by atoms with E-state index in [-0.39, 0.29) is 0 Å². The Morgan fingerprint density at radius 3 is 1.19 bits per heavy atom. The molecule has 4 aromatic carbocycles. The standard InChI is InChI=1S/C32H28N4/c1-19-5-11-23(12-6-19)33-29-25-17-21(3)9-15-27(25)36-32-30(34-24-13-7-20(2)8-14-24)26-18-22(4)10-16-28(26)35-31(29)32/h5-18H,1-4H3,(H,33,36)(H,34,35). The summed E-state index contributed by atoms with van der Waals surface area (Å²) in [4.78, 5) is 10.3. The Labute approximate surface area is 211 Å². The summed E-state index contributed by atoms with van der Waals surface area (Å²) in [6.07, 6.45) is 0. The minimum atomic E-state index is 0.847. The van der Waals surface area contributed by atoms with Crippen molar-refractivity contribution in [2.24, 2.45) is 0 Å². The number of pyridine rings is 2. The van der Waals surface area contributed by atoms with Crippen LogP contribution in [0.25, 0.3) is 32.8 Å². The van der Waals surface area contributed by atoms with E-state index in [1.54, 1.807) is 0 Å². The van der Waals surface area contributed by atoms with E-state index in [1.165, 1.54) is 22.3 Å². The Morgan fingerprint density at radius 1 is 0.444 bits per heavy atom. The highest BCUT2D eigenvalue weighted by Crippen LogP contribution is 2.40. The van der Waals surface area contributed by atoms with E-state index in [1.807, 2.05) is 0 Å². The van der Waals surface area contributed by atoms with E-state index in [2.05, 4.69) is 123 Å². The first-order valence-corrected chi connectivity index (χ1v) is 12.3. The molecule has 0 aliphatic rings. The molecule has 0 aliphatic heterocycles. The summed E-state index contributed by atoms with van der Waals surface area (Å²) >= 11 is 0. The number of aryl methyl sites for hydroxylation is 4. The van der Waals surface area contributed by atoms with Gasteiger partial charge < -0.3 is 10.6 Å². The Bertz CT molecular complexity index is 1620. The first-order chi connectivity index (χ1) is 17.4. The number of fused-ring (bicyclic) bond motifs is 3. The zero-order valence-corrected chi connectivity index (χ0v) is 21.0. The Balaban J connectivity index is 1.69. The zero-order valence-electron chi connectivity index (χ0n) is 21.0. The molecule has 0 amide bonds. The normalized spacial score (nSPS) is 11.3. The summed E-state index contributed by atoms with van der Waals surface area (Å²) in [6.45, 7) is 8.42. The molecule has 0 aliphatic carbocycles. The second-order valence-electron chi connectivity index (χ2n) is 9.69. The Hall–Kier alpha value is -4.44. The van der Waals surface area contributed by atoms with Gasteiger partial charge in [0.25, 0.3) is 0 Å². The number of aromatic nitrogens is 2. The molecule has 0 unspecified atom stereocenters. The van der Waals surface area contributed by atoms with E-state index < -0.39 is 0 Å². The zero-order chi connectivity index (χ0) is 24.8. The predicted octanol–water partition coefficient (Wildman–Crippen LogP) is 8.66. The molecule has 0 fully saturated rings. The second-order valence-corrected chi connectivity index (χ2v) is 9.69. The van der Waals surface area contributed by atoms with Crippen molar-refractivity contribution < 1.29 is 0 Å². The minimum Gasteiger partial charge on any atom is -0.353 e. The molecule has 0 bridgehead atoms. The molecular formula is C32H28N4. The van der Waals surface area contributed by atoms with Gasteiger partial charge in [-0.25, -0.2) is 9.97 Å². The van der Waals surface area contributed by atoms with Crippen LogP contribution in [0.4, 0.5) is 22.7 Å². The van der Waals surface area contributed by atoms with Crippen LogP contribution in [0.15, 0.2) is 84.9 Å². The molecule has 6 aromatic rings. The van der Waals surface area contributed by atoms with E-state index >= 15 is 0 Å². The molecule has 2 aromatic heterocycles. The van der Waals surface area contributed by atoms with Gasteiger partial charge in [-0.05, 0) is 76.2 Å². The summed E-state index contributed by atoms with van der Waals surface area (Å²) in [7, 11) is 0. The first-order valence-electron chi connectivity index (χ1n) is 12.3. The second kappa shape index (κ2) is 8.65. The Kier molecular flexibility index (Phi) is 5.30. The average Bonchev–Trinajstić information content (AvgIpc) is 2.87. The number of nitrogens with zero attached hydrogens (tertiary/aromatic N) is 2. The van der Waals surface area contributed by atoms with Gasteiger partial charge in [0.1, 0.15) is 11.0 Å². The molecule has 176 valence electrons. The summed E-state index contributed by atoms with van der Waals surface area (Å²) in [5.41, 5.74) is 12.4.